The quantitative estimate of drug-likeness (QED) is 0.836. The number of hydrogen-bond acceptors (Lipinski definition) is 4. The van der Waals surface area contributed by atoms with E-state index in [-0.39, 0.29) is 11.3 Å². The highest BCUT2D eigenvalue weighted by molar-refractivity contribution is 5.92. The third-order valence-electron chi connectivity index (χ3n) is 2.54. The van der Waals surface area contributed by atoms with Crippen LogP contribution in [0.2, 0.25) is 0 Å². The molecule has 0 aliphatic carbocycles. The number of aromatic carboxylic acids is 1. The van der Waals surface area contributed by atoms with Crippen LogP contribution in [0.5, 0.6) is 5.75 Å². The van der Waals surface area contributed by atoms with Gasteiger partial charge in [0.05, 0.1) is 6.61 Å². The number of benzene rings is 1. The van der Waals surface area contributed by atoms with Crippen LogP contribution in [0.25, 0.3) is 11.3 Å². The molecule has 0 saturated carbocycles. The molecule has 0 radical (unpaired) electrons. The van der Waals surface area contributed by atoms with Crippen molar-refractivity contribution in [2.75, 3.05) is 6.61 Å². The van der Waals surface area contributed by atoms with E-state index in [0.717, 1.165) is 0 Å². The van der Waals surface area contributed by atoms with Crippen molar-refractivity contribution in [1.82, 2.24) is 0 Å². The standard InChI is InChI=1S/C14H12O5/c1-2-18-13-5-3-9(7-11(13)14(16)17)12-6-4-10(8-15)19-12/h3-8H,2H2,1H3,(H,16,17). The second-order valence-corrected chi connectivity index (χ2v) is 3.77. The molecule has 0 unspecified atom stereocenters. The van der Waals surface area contributed by atoms with Crippen molar-refractivity contribution in [2.45, 2.75) is 6.92 Å². The van der Waals surface area contributed by atoms with Gasteiger partial charge in [-0.2, -0.15) is 0 Å². The van der Waals surface area contributed by atoms with Crippen LogP contribution in [0, 0.1) is 0 Å². The lowest BCUT2D eigenvalue weighted by Crippen LogP contribution is -2.02. The van der Waals surface area contributed by atoms with E-state index < -0.39 is 5.97 Å². The molecule has 19 heavy (non-hydrogen) atoms. The summed E-state index contributed by atoms with van der Waals surface area (Å²) in [6.07, 6.45) is 0.593. The highest BCUT2D eigenvalue weighted by Crippen LogP contribution is 2.28. The van der Waals surface area contributed by atoms with Crippen molar-refractivity contribution in [3.8, 4) is 17.1 Å². The van der Waals surface area contributed by atoms with E-state index in [4.69, 9.17) is 14.3 Å². The number of carboxylic acid groups (broad SMARTS) is 1. The van der Waals surface area contributed by atoms with Gasteiger partial charge in [0, 0.05) is 5.56 Å². The number of aldehydes is 1. The molecule has 5 nitrogen and oxygen atoms in total. The van der Waals surface area contributed by atoms with E-state index >= 15 is 0 Å². The Bertz CT molecular complexity index is 612. The highest BCUT2D eigenvalue weighted by Gasteiger charge is 2.14. The summed E-state index contributed by atoms with van der Waals surface area (Å²) >= 11 is 0. The molecular formula is C14H12O5. The van der Waals surface area contributed by atoms with E-state index in [2.05, 4.69) is 0 Å². The molecule has 1 heterocycles. The third-order valence-corrected chi connectivity index (χ3v) is 2.54. The lowest BCUT2D eigenvalue weighted by Gasteiger charge is -2.08. The molecule has 2 rings (SSSR count). The second-order valence-electron chi connectivity index (χ2n) is 3.77. The van der Waals surface area contributed by atoms with Gasteiger partial charge >= 0.3 is 5.97 Å². The average molecular weight is 260 g/mol. The van der Waals surface area contributed by atoms with E-state index in [1.54, 1.807) is 25.1 Å². The minimum atomic E-state index is -1.08. The fourth-order valence-electron chi connectivity index (χ4n) is 1.70. The van der Waals surface area contributed by atoms with Gasteiger partial charge in [-0.1, -0.05) is 0 Å². The maximum absolute atomic E-state index is 11.2. The molecule has 0 spiro atoms. The summed E-state index contributed by atoms with van der Waals surface area (Å²) in [4.78, 5) is 21.7. The number of carbonyl (C=O) groups excluding carboxylic acids is 1. The molecule has 5 heteroatoms. The summed E-state index contributed by atoms with van der Waals surface area (Å²) in [6.45, 7) is 2.16. The Labute approximate surface area is 109 Å². The molecule has 0 bridgehead atoms. The van der Waals surface area contributed by atoms with Gasteiger partial charge in [0.25, 0.3) is 0 Å². The first-order valence-corrected chi connectivity index (χ1v) is 5.71. The summed E-state index contributed by atoms with van der Waals surface area (Å²) in [5.41, 5.74) is 0.636. The largest absolute Gasteiger partial charge is 0.493 e. The van der Waals surface area contributed by atoms with Crippen LogP contribution in [0.3, 0.4) is 0 Å². The Morgan fingerprint density at radius 3 is 2.74 bits per heavy atom. The van der Waals surface area contributed by atoms with Gasteiger partial charge in [0.1, 0.15) is 17.1 Å². The van der Waals surface area contributed by atoms with Crippen molar-refractivity contribution >= 4 is 12.3 Å². The molecule has 0 aliphatic heterocycles. The number of carbonyl (C=O) groups is 2. The summed E-state index contributed by atoms with van der Waals surface area (Å²) in [6, 6.07) is 7.86. The van der Waals surface area contributed by atoms with Crippen LogP contribution in [-0.2, 0) is 0 Å². The molecule has 0 aliphatic rings. The zero-order chi connectivity index (χ0) is 13.8. The Balaban J connectivity index is 2.45. The Morgan fingerprint density at radius 2 is 2.16 bits per heavy atom. The molecule has 98 valence electrons. The topological polar surface area (TPSA) is 76.7 Å². The first-order valence-electron chi connectivity index (χ1n) is 5.71. The van der Waals surface area contributed by atoms with E-state index in [0.29, 0.717) is 30.0 Å². The second kappa shape index (κ2) is 5.39. The molecule has 0 saturated heterocycles. The first-order chi connectivity index (χ1) is 9.15. The molecule has 0 fully saturated rings. The van der Waals surface area contributed by atoms with Crippen LogP contribution in [0.15, 0.2) is 34.7 Å². The van der Waals surface area contributed by atoms with Gasteiger partial charge in [-0.3, -0.25) is 4.79 Å². The molecule has 0 atom stereocenters. The lowest BCUT2D eigenvalue weighted by atomic mass is 10.1. The highest BCUT2D eigenvalue weighted by atomic mass is 16.5. The van der Waals surface area contributed by atoms with Gasteiger partial charge in [-0.15, -0.1) is 0 Å². The molecular weight excluding hydrogens is 248 g/mol. The first kappa shape index (κ1) is 12.9. The number of ether oxygens (including phenoxy) is 1. The molecule has 1 aromatic heterocycles. The monoisotopic (exact) mass is 260 g/mol. The fourth-order valence-corrected chi connectivity index (χ4v) is 1.70. The van der Waals surface area contributed by atoms with Crippen molar-refractivity contribution in [3.05, 3.63) is 41.7 Å². The predicted molar refractivity (Wildman–Crippen MR) is 67.7 cm³/mol. The van der Waals surface area contributed by atoms with Crippen molar-refractivity contribution in [3.63, 3.8) is 0 Å². The maximum Gasteiger partial charge on any atom is 0.339 e. The van der Waals surface area contributed by atoms with Gasteiger partial charge in [0.2, 0.25) is 0 Å². The zero-order valence-electron chi connectivity index (χ0n) is 10.3. The summed E-state index contributed by atoms with van der Waals surface area (Å²) in [7, 11) is 0. The Morgan fingerprint density at radius 1 is 1.37 bits per heavy atom. The molecule has 1 aromatic carbocycles. The van der Waals surface area contributed by atoms with Crippen molar-refractivity contribution in [2.24, 2.45) is 0 Å². The minimum Gasteiger partial charge on any atom is -0.493 e. The summed E-state index contributed by atoms with van der Waals surface area (Å²) in [5.74, 6) is -0.137. The normalized spacial score (nSPS) is 10.2. The number of rotatable bonds is 5. The van der Waals surface area contributed by atoms with E-state index in [9.17, 15) is 9.59 Å². The maximum atomic E-state index is 11.2. The predicted octanol–water partition coefficient (Wildman–Crippen LogP) is 2.86. The number of carboxylic acids is 1. The van der Waals surface area contributed by atoms with Crippen LogP contribution >= 0.6 is 0 Å². The average Bonchev–Trinajstić information content (AvgIpc) is 2.88. The molecule has 1 N–H and O–H groups in total. The molecule has 2 aromatic rings. The summed E-state index contributed by atoms with van der Waals surface area (Å²) in [5, 5.41) is 9.15. The smallest absolute Gasteiger partial charge is 0.339 e. The number of hydrogen-bond donors (Lipinski definition) is 1. The summed E-state index contributed by atoms with van der Waals surface area (Å²) < 4.78 is 10.5. The van der Waals surface area contributed by atoms with Crippen LogP contribution < -0.4 is 4.74 Å². The van der Waals surface area contributed by atoms with Gasteiger partial charge < -0.3 is 14.3 Å². The Kier molecular flexibility index (Phi) is 3.66. The van der Waals surface area contributed by atoms with Gasteiger partial charge in [-0.05, 0) is 37.3 Å². The van der Waals surface area contributed by atoms with Gasteiger partial charge in [-0.25, -0.2) is 4.79 Å². The third kappa shape index (κ3) is 2.65. The Hall–Kier alpha value is -2.56. The van der Waals surface area contributed by atoms with E-state index in [1.807, 2.05) is 0 Å². The van der Waals surface area contributed by atoms with Gasteiger partial charge in [0.15, 0.2) is 12.0 Å². The van der Waals surface area contributed by atoms with Crippen molar-refractivity contribution < 1.29 is 23.8 Å². The van der Waals surface area contributed by atoms with Crippen LogP contribution in [-0.4, -0.2) is 24.0 Å². The van der Waals surface area contributed by atoms with Crippen molar-refractivity contribution in [1.29, 1.82) is 0 Å². The lowest BCUT2D eigenvalue weighted by molar-refractivity contribution is 0.0692. The minimum absolute atomic E-state index is 0.0587. The van der Waals surface area contributed by atoms with Crippen LogP contribution in [0.1, 0.15) is 27.8 Å². The SMILES string of the molecule is CCOc1ccc(-c2ccc(C=O)o2)cc1C(=O)O. The van der Waals surface area contributed by atoms with Crippen LogP contribution in [0.4, 0.5) is 0 Å². The fraction of sp³-hybridized carbons (Fsp3) is 0.143. The molecule has 0 amide bonds. The zero-order valence-corrected chi connectivity index (χ0v) is 10.3. The number of furan rings is 1. The van der Waals surface area contributed by atoms with E-state index in [1.165, 1.54) is 12.1 Å².